The Morgan fingerprint density at radius 3 is 1.22 bits per heavy atom. The average Bonchev–Trinajstić information content (AvgIpc) is 1.59. The second kappa shape index (κ2) is 38.2. The van der Waals surface area contributed by atoms with E-state index >= 15 is 0 Å². The highest BCUT2D eigenvalue weighted by atomic mass is 35.5. The molecule has 30 nitrogen and oxygen atoms in total. The zero-order valence-electron chi connectivity index (χ0n) is 65.6. The third-order valence-electron chi connectivity index (χ3n) is 18.7. The van der Waals surface area contributed by atoms with Crippen LogP contribution in [0.4, 0.5) is 49.1 Å². The van der Waals surface area contributed by atoms with Crippen molar-refractivity contribution in [2.24, 2.45) is 0 Å². The molecular weight excluding hydrogens is 1960 g/mol. The second-order valence-corrected chi connectivity index (χ2v) is 37.2. The van der Waals surface area contributed by atoms with E-state index in [9.17, 15) is 84.4 Å². The van der Waals surface area contributed by atoms with E-state index in [1.807, 2.05) is 11.6 Å². The van der Waals surface area contributed by atoms with Crippen molar-refractivity contribution in [1.29, 1.82) is 0 Å². The number of sulfonamides is 4. The van der Waals surface area contributed by atoms with E-state index in [0.29, 0.717) is 89.9 Å². The van der Waals surface area contributed by atoms with Crippen LogP contribution in [0.2, 0.25) is 40.2 Å². The van der Waals surface area contributed by atoms with Gasteiger partial charge in [-0.2, -0.15) is 31.1 Å². The summed E-state index contributed by atoms with van der Waals surface area (Å²) in [4.78, 5) is 92.9. The Morgan fingerprint density at radius 1 is 0.423 bits per heavy atom. The number of carbonyl (C=O) groups excluding carboxylic acids is 4. The number of ketones is 4. The maximum absolute atomic E-state index is 13.6. The van der Waals surface area contributed by atoms with Crippen LogP contribution in [0.15, 0.2) is 233 Å². The van der Waals surface area contributed by atoms with Crippen LogP contribution >= 0.6 is 92.8 Å². The third-order valence-corrected chi connectivity index (χ3v) is 26.7. The molecule has 0 saturated heterocycles. The monoisotopic (exact) mass is 2010 g/mol. The molecule has 0 atom stereocenters. The van der Waals surface area contributed by atoms with E-state index in [2.05, 4.69) is 69.0 Å². The van der Waals surface area contributed by atoms with Crippen LogP contribution in [-0.2, 0) is 58.9 Å². The number of aryl methyl sites for hydroxylation is 2. The predicted molar refractivity (Wildman–Crippen MR) is 475 cm³/mol. The summed E-state index contributed by atoms with van der Waals surface area (Å²) in [7, 11) is -15.9. The third kappa shape index (κ3) is 20.8. The van der Waals surface area contributed by atoms with Crippen LogP contribution in [0.5, 0.6) is 5.75 Å². The summed E-state index contributed by atoms with van der Waals surface area (Å²) in [6, 6.07) is 29.1. The van der Waals surface area contributed by atoms with E-state index < -0.39 is 108 Å². The first-order valence-electron chi connectivity index (χ1n) is 36.6. The molecule has 0 spiro atoms. The lowest BCUT2D eigenvalue weighted by Crippen LogP contribution is -2.19. The Labute approximate surface area is 771 Å². The molecule has 4 aromatic carbocycles. The number of alkyl halides is 6. The summed E-state index contributed by atoms with van der Waals surface area (Å²) in [6.45, 7) is 3.46. The molecule has 0 aliphatic carbocycles. The Kier molecular flexibility index (Phi) is 27.9. The quantitative estimate of drug-likeness (QED) is 0.0177. The number of hydrogen-bond donors (Lipinski definition) is 8. The largest absolute Gasteiger partial charge is 0.494 e. The minimum atomic E-state index is -4.89. The van der Waals surface area contributed by atoms with Gasteiger partial charge >= 0.3 is 12.4 Å². The normalized spacial score (nSPS) is 11.9. The molecule has 0 radical (unpaired) electrons. The number of halogens is 14. The predicted octanol–water partition coefficient (Wildman–Crippen LogP) is 19.8. The fourth-order valence-corrected chi connectivity index (χ4v) is 18.4. The minimum absolute atomic E-state index is 0.0176. The molecule has 0 amide bonds. The number of benzene rings is 4. The zero-order chi connectivity index (χ0) is 94.0. The molecule has 0 bridgehead atoms. The Balaban J connectivity index is 0.000000148. The second-order valence-electron chi connectivity index (χ2n) is 27.2. The summed E-state index contributed by atoms with van der Waals surface area (Å²) < 4.78 is 198. The molecule has 668 valence electrons. The molecule has 8 N–H and O–H groups in total. The number of pyridine rings is 8. The summed E-state index contributed by atoms with van der Waals surface area (Å²) in [5.74, 6) is -2.56. The van der Waals surface area contributed by atoms with Gasteiger partial charge in [-0.15, -0.1) is 0 Å². The van der Waals surface area contributed by atoms with Crippen LogP contribution < -0.4 is 23.6 Å². The van der Waals surface area contributed by atoms with Gasteiger partial charge in [0.2, 0.25) is 23.1 Å². The number of aromatic nitrogens is 12. The molecule has 130 heavy (non-hydrogen) atoms. The van der Waals surface area contributed by atoms with Gasteiger partial charge in [-0.1, -0.05) is 99.7 Å². The molecule has 0 saturated carbocycles. The minimum Gasteiger partial charge on any atom is -0.494 e. The van der Waals surface area contributed by atoms with Crippen LogP contribution in [0, 0.1) is 6.92 Å². The highest BCUT2D eigenvalue weighted by molar-refractivity contribution is 7.93. The number of nitrogens with one attached hydrogen (secondary N) is 7. The van der Waals surface area contributed by atoms with Crippen molar-refractivity contribution in [1.82, 2.24) is 59.6 Å². The van der Waals surface area contributed by atoms with Gasteiger partial charge in [-0.05, 0) is 164 Å². The van der Waals surface area contributed by atoms with E-state index in [-0.39, 0.29) is 107 Å². The number of nitrogens with zero attached hydrogens (tertiary/aromatic N) is 9. The molecule has 0 fully saturated rings. The first-order valence-corrected chi connectivity index (χ1v) is 45.5. The molecule has 0 unspecified atom stereocenters. The molecule has 48 heteroatoms. The maximum atomic E-state index is 13.6. The van der Waals surface area contributed by atoms with Crippen LogP contribution in [-0.4, -0.2) is 129 Å². The SMILES string of the molecule is CCc1cc(S(=O)(=O)Nc2cc(Cl)cnc2C(=O)c2ccnc3[nH]ccc23)ccc1Cl.COc1cn(O)c2nccc-2c1C(=O)c1ncc(C)cc1NS(=O)(=O)c1ccc(Cl)c(C(F)(F)F)c1.O=C(c1ncc(C(F)(F)F)cc1NS(=O)(=O)c1ccc(Cl)c(Cl)c1)c1ccnc2[nH]ccc12.O=C(c1ncc(Cl)cc1NS(=O)(=O)c1ccc(Cl)c(Cl)c1)c1ccnc2[nH]ccc12. The molecule has 16 rings (SSSR count). The van der Waals surface area contributed by atoms with Gasteiger partial charge in [0.15, 0.2) is 11.6 Å². The Bertz CT molecular complexity index is 7690. The van der Waals surface area contributed by atoms with Crippen molar-refractivity contribution < 1.29 is 89.1 Å². The molecule has 2 aliphatic heterocycles. The number of hydrogen-bond acceptors (Lipinski definition) is 22. The maximum Gasteiger partial charge on any atom is 0.417 e. The number of rotatable bonds is 22. The fourth-order valence-electron chi connectivity index (χ4n) is 12.5. The van der Waals surface area contributed by atoms with Crippen molar-refractivity contribution in [3.63, 3.8) is 0 Å². The van der Waals surface area contributed by atoms with Crippen molar-refractivity contribution >= 4 is 212 Å². The van der Waals surface area contributed by atoms with E-state index in [0.717, 1.165) is 30.5 Å². The first kappa shape index (κ1) is 95.0. The highest BCUT2D eigenvalue weighted by Crippen LogP contribution is 2.41. The molecule has 14 aromatic rings. The zero-order valence-corrected chi connectivity index (χ0v) is 74.9. The fraction of sp³-hybridized carbons (Fsp3) is 0.0732. The summed E-state index contributed by atoms with van der Waals surface area (Å²) in [5, 5.41) is 12.1. The number of methoxy groups -OCH3 is 1. The van der Waals surface area contributed by atoms with E-state index in [1.54, 1.807) is 43.6 Å². The number of aromatic amines is 3. The lowest BCUT2D eigenvalue weighted by molar-refractivity contribution is -0.138. The lowest BCUT2D eigenvalue weighted by Gasteiger charge is -2.17. The van der Waals surface area contributed by atoms with Crippen molar-refractivity contribution in [2.45, 2.75) is 52.2 Å². The average molecular weight is 2010 g/mol. The number of ether oxygens (including phenoxy) is 1. The van der Waals surface area contributed by atoms with Crippen molar-refractivity contribution in [2.75, 3.05) is 26.0 Å². The smallest absolute Gasteiger partial charge is 0.417 e. The van der Waals surface area contributed by atoms with Crippen molar-refractivity contribution in [3.05, 3.63) is 321 Å². The number of H-pyrrole nitrogens is 3. The molecule has 2 aliphatic rings. The summed E-state index contributed by atoms with van der Waals surface area (Å²) >= 11 is 47.2. The van der Waals surface area contributed by atoms with E-state index in [4.69, 9.17) is 97.5 Å². The summed E-state index contributed by atoms with van der Waals surface area (Å²) in [5.41, 5.74) is -1.23. The van der Waals surface area contributed by atoms with E-state index in [1.165, 1.54) is 136 Å². The standard InChI is InChI=1S/C22H16ClF3N4O5S.C21H16Cl2N4O3S.C20H11Cl2F3N4O3S.C19H11Cl3N4O3S/c1-11-7-16(29-36(33,34)12-3-4-15(23)14(8-12)22(24,25)26)19(28-9-11)20(31)18-13-5-6-27-21(13)30(32)10-17(18)35-2;1-2-12-9-14(3-4-17(12)23)31(29,30)27-18-10-13(22)11-26-19(18)20(28)15-5-7-24-21-16(15)6-8-25-21;21-14-2-1-11(8-15(14)22)33(31,32)29-16-7-10(20(23,24)25)9-28-17(16)18(30)12-3-5-26-19-13(12)4-6-27-19;20-10-7-16(26-30(28,29)11-1-2-14(21)15(22)8-11)17(25-9-10)18(27)12-3-5-23-19-13(12)4-6-24-19/h3-10,29,32H,1-2H3;3-11,27H,2H2,1H3,(H,24,25);1-9,29H,(H,26,27);1-9,26H,(H,23,24). The Morgan fingerprint density at radius 2 is 0.800 bits per heavy atom. The molecule has 10 aromatic heterocycles. The van der Waals surface area contributed by atoms with Crippen LogP contribution in [0.25, 0.3) is 44.5 Å². The van der Waals surface area contributed by atoms with Gasteiger partial charge in [0, 0.05) is 112 Å². The van der Waals surface area contributed by atoms with Gasteiger partial charge in [0.1, 0.15) is 39.7 Å². The lowest BCUT2D eigenvalue weighted by atomic mass is 10.0. The number of fused-ring (bicyclic) bond motifs is 4. The number of anilines is 4. The van der Waals surface area contributed by atoms with Gasteiger partial charge < -0.3 is 24.9 Å². The Hall–Kier alpha value is -12.6. The van der Waals surface area contributed by atoms with Gasteiger partial charge in [-0.3, -0.25) is 43.1 Å². The first-order chi connectivity index (χ1) is 61.4. The topological polar surface area (TPSA) is 438 Å². The van der Waals surface area contributed by atoms with Crippen LogP contribution in [0.3, 0.4) is 0 Å². The van der Waals surface area contributed by atoms with Gasteiger partial charge in [-0.25, -0.2) is 68.6 Å². The van der Waals surface area contributed by atoms with Crippen molar-refractivity contribution in [3.8, 4) is 17.1 Å². The van der Waals surface area contributed by atoms with Gasteiger partial charge in [0.25, 0.3) is 40.1 Å². The number of carbonyl (C=O) groups is 4. The molecular formula is C82H54Cl8F6N16O14S4. The summed E-state index contributed by atoms with van der Waals surface area (Å²) in [6.07, 6.45) is 6.77. The highest BCUT2D eigenvalue weighted by Gasteiger charge is 2.38. The van der Waals surface area contributed by atoms with Gasteiger partial charge in [0.05, 0.1) is 107 Å². The molecule has 12 heterocycles. The van der Waals surface area contributed by atoms with Crippen LogP contribution in [0.1, 0.15) is 93.4 Å².